The summed E-state index contributed by atoms with van der Waals surface area (Å²) in [7, 11) is -4.10. The molecular weight excluding hydrogens is 494 g/mol. The summed E-state index contributed by atoms with van der Waals surface area (Å²) in [5.41, 5.74) is 8.40. The van der Waals surface area contributed by atoms with E-state index in [4.69, 9.17) is 19.4 Å². The molecule has 0 heterocycles. The molecule has 3 rings (SSSR count). The molecule has 0 aliphatic rings. The van der Waals surface area contributed by atoms with Gasteiger partial charge in [-0.25, -0.2) is 0 Å². The van der Waals surface area contributed by atoms with Crippen molar-refractivity contribution in [3.05, 3.63) is 95.6 Å². The summed E-state index contributed by atoms with van der Waals surface area (Å²) in [6, 6.07) is 20.3. The summed E-state index contributed by atoms with van der Waals surface area (Å²) >= 11 is 0. The second kappa shape index (κ2) is 12.5. The minimum Gasteiger partial charge on any atom is -0.463 e. The van der Waals surface area contributed by atoms with Crippen LogP contribution in [0.4, 0.5) is 0 Å². The van der Waals surface area contributed by atoms with Crippen LogP contribution in [0.5, 0.6) is 5.75 Å². The zero-order chi connectivity index (χ0) is 27.0. The lowest BCUT2D eigenvalue weighted by atomic mass is 9.88. The average Bonchev–Trinajstić information content (AvgIpc) is 2.86. The first-order chi connectivity index (χ1) is 17.5. The third-order valence-corrected chi connectivity index (χ3v) is 6.75. The number of carbonyl (C=O) groups is 2. The summed E-state index contributed by atoms with van der Waals surface area (Å²) in [5.74, 6) is -2.08. The number of nitrogens with two attached hydrogens (primary N) is 1. The Morgan fingerprint density at radius 3 is 2.24 bits per heavy atom. The van der Waals surface area contributed by atoms with E-state index in [-0.39, 0.29) is 29.8 Å². The standard InChI is InChI=1S/C28H31NO7S/c1-19(2)35-26(30)17-25(27(29)28(31)34-18-21-8-5-4-6-9-21)22-10-7-11-23(16-22)36-37(32,33)24-14-12-20(3)13-15-24/h4-16,19,25,27H,17-18,29H2,1-3H3. The number of aryl methyl sites for hydroxylation is 1. The quantitative estimate of drug-likeness (QED) is 0.291. The molecule has 0 aliphatic heterocycles. The minimum absolute atomic E-state index is 0.00163. The number of esters is 2. The van der Waals surface area contributed by atoms with Gasteiger partial charge in [0, 0.05) is 5.92 Å². The van der Waals surface area contributed by atoms with Gasteiger partial charge in [0.2, 0.25) is 0 Å². The van der Waals surface area contributed by atoms with Gasteiger partial charge in [-0.3, -0.25) is 9.59 Å². The topological polar surface area (TPSA) is 122 Å². The van der Waals surface area contributed by atoms with Gasteiger partial charge in [0.1, 0.15) is 23.3 Å². The highest BCUT2D eigenvalue weighted by molar-refractivity contribution is 7.87. The van der Waals surface area contributed by atoms with E-state index in [1.807, 2.05) is 37.3 Å². The zero-order valence-electron chi connectivity index (χ0n) is 21.0. The monoisotopic (exact) mass is 525 g/mol. The molecule has 0 aliphatic carbocycles. The van der Waals surface area contributed by atoms with Gasteiger partial charge in [-0.15, -0.1) is 0 Å². The van der Waals surface area contributed by atoms with E-state index in [2.05, 4.69) is 0 Å². The van der Waals surface area contributed by atoms with Crippen LogP contribution < -0.4 is 9.92 Å². The smallest absolute Gasteiger partial charge is 0.339 e. The molecule has 8 nitrogen and oxygen atoms in total. The van der Waals surface area contributed by atoms with Crippen molar-refractivity contribution in [2.45, 2.75) is 56.8 Å². The molecule has 2 N–H and O–H groups in total. The van der Waals surface area contributed by atoms with E-state index >= 15 is 0 Å². The van der Waals surface area contributed by atoms with E-state index in [1.165, 1.54) is 24.3 Å². The first-order valence-electron chi connectivity index (χ1n) is 11.8. The van der Waals surface area contributed by atoms with Crippen LogP contribution in [-0.2, 0) is 35.8 Å². The van der Waals surface area contributed by atoms with E-state index in [0.29, 0.717) is 5.56 Å². The predicted molar refractivity (Wildman–Crippen MR) is 138 cm³/mol. The molecule has 0 aromatic heterocycles. The van der Waals surface area contributed by atoms with Gasteiger partial charge < -0.3 is 19.4 Å². The molecule has 37 heavy (non-hydrogen) atoms. The van der Waals surface area contributed by atoms with Gasteiger partial charge in [-0.1, -0.05) is 60.2 Å². The van der Waals surface area contributed by atoms with Gasteiger partial charge in [-0.2, -0.15) is 8.42 Å². The Kier molecular flexibility index (Phi) is 9.43. The highest BCUT2D eigenvalue weighted by Gasteiger charge is 2.31. The molecule has 196 valence electrons. The van der Waals surface area contributed by atoms with E-state index in [1.54, 1.807) is 38.1 Å². The summed E-state index contributed by atoms with van der Waals surface area (Å²) < 4.78 is 41.5. The lowest BCUT2D eigenvalue weighted by Crippen LogP contribution is -2.39. The van der Waals surface area contributed by atoms with Crippen LogP contribution in [0.25, 0.3) is 0 Å². The van der Waals surface area contributed by atoms with Gasteiger partial charge in [0.05, 0.1) is 12.5 Å². The molecular formula is C28H31NO7S. The van der Waals surface area contributed by atoms with Crippen molar-refractivity contribution in [3.8, 4) is 5.75 Å². The van der Waals surface area contributed by atoms with Crippen molar-refractivity contribution in [1.29, 1.82) is 0 Å². The molecule has 0 amide bonds. The zero-order valence-corrected chi connectivity index (χ0v) is 21.8. The van der Waals surface area contributed by atoms with Gasteiger partial charge in [0.25, 0.3) is 0 Å². The predicted octanol–water partition coefficient (Wildman–Crippen LogP) is 4.26. The normalized spacial score (nSPS) is 13.0. The average molecular weight is 526 g/mol. The molecule has 3 aromatic rings. The van der Waals surface area contributed by atoms with Crippen LogP contribution >= 0.6 is 0 Å². The Balaban J connectivity index is 1.83. The first kappa shape index (κ1) is 27.9. The summed E-state index contributed by atoms with van der Waals surface area (Å²) in [6.45, 7) is 5.30. The van der Waals surface area contributed by atoms with Crippen molar-refractivity contribution in [1.82, 2.24) is 0 Å². The Labute approximate surface area is 217 Å². The van der Waals surface area contributed by atoms with Crippen LogP contribution in [0.15, 0.2) is 83.8 Å². The minimum atomic E-state index is -4.10. The van der Waals surface area contributed by atoms with Crippen molar-refractivity contribution < 1.29 is 31.7 Å². The second-order valence-corrected chi connectivity index (χ2v) is 10.4. The van der Waals surface area contributed by atoms with Gasteiger partial charge >= 0.3 is 22.1 Å². The van der Waals surface area contributed by atoms with Crippen molar-refractivity contribution in [3.63, 3.8) is 0 Å². The Bertz CT molecular complexity index is 1310. The van der Waals surface area contributed by atoms with Crippen molar-refractivity contribution in [2.24, 2.45) is 5.73 Å². The fourth-order valence-electron chi connectivity index (χ4n) is 3.61. The SMILES string of the molecule is Cc1ccc(S(=O)(=O)Oc2cccc(C(CC(=O)OC(C)C)C(N)C(=O)OCc3ccccc3)c2)cc1. The molecule has 0 spiro atoms. The lowest BCUT2D eigenvalue weighted by molar-refractivity contribution is -0.150. The lowest BCUT2D eigenvalue weighted by Gasteiger charge is -2.23. The molecule has 3 aromatic carbocycles. The van der Waals surface area contributed by atoms with Crippen molar-refractivity contribution >= 4 is 22.1 Å². The number of hydrogen-bond donors (Lipinski definition) is 1. The maximum atomic E-state index is 12.8. The van der Waals surface area contributed by atoms with E-state index in [0.717, 1.165) is 11.1 Å². The maximum Gasteiger partial charge on any atom is 0.339 e. The highest BCUT2D eigenvalue weighted by Crippen LogP contribution is 2.29. The Morgan fingerprint density at radius 2 is 1.59 bits per heavy atom. The number of benzene rings is 3. The molecule has 9 heteroatoms. The fraction of sp³-hybridized carbons (Fsp3) is 0.286. The van der Waals surface area contributed by atoms with Crippen molar-refractivity contribution in [2.75, 3.05) is 0 Å². The maximum absolute atomic E-state index is 12.8. The number of carbonyl (C=O) groups excluding carboxylic acids is 2. The molecule has 0 saturated heterocycles. The summed E-state index contributed by atoms with van der Waals surface area (Å²) in [6.07, 6.45) is -0.572. The number of ether oxygens (including phenoxy) is 2. The Morgan fingerprint density at radius 1 is 0.919 bits per heavy atom. The molecule has 2 atom stereocenters. The molecule has 2 unspecified atom stereocenters. The van der Waals surface area contributed by atoms with E-state index in [9.17, 15) is 18.0 Å². The number of rotatable bonds is 11. The summed E-state index contributed by atoms with van der Waals surface area (Å²) in [5, 5.41) is 0. The molecule has 0 radical (unpaired) electrons. The van der Waals surface area contributed by atoms with E-state index < -0.39 is 34.0 Å². The van der Waals surface area contributed by atoms with Crippen LogP contribution in [-0.4, -0.2) is 32.5 Å². The third kappa shape index (κ3) is 8.16. The summed E-state index contributed by atoms with van der Waals surface area (Å²) in [4.78, 5) is 25.3. The van der Waals surface area contributed by atoms with Crippen LogP contribution in [0.1, 0.15) is 42.9 Å². The highest BCUT2D eigenvalue weighted by atomic mass is 32.2. The van der Waals surface area contributed by atoms with Crippen LogP contribution in [0.2, 0.25) is 0 Å². The van der Waals surface area contributed by atoms with Gasteiger partial charge in [0.15, 0.2) is 0 Å². The van der Waals surface area contributed by atoms with Crippen LogP contribution in [0, 0.1) is 6.92 Å². The fourth-order valence-corrected chi connectivity index (χ4v) is 4.53. The number of hydrogen-bond acceptors (Lipinski definition) is 8. The third-order valence-electron chi connectivity index (χ3n) is 5.49. The van der Waals surface area contributed by atoms with Gasteiger partial charge in [-0.05, 0) is 56.2 Å². The molecule has 0 fully saturated rings. The largest absolute Gasteiger partial charge is 0.463 e. The first-order valence-corrected chi connectivity index (χ1v) is 13.2. The van der Waals surface area contributed by atoms with Crippen LogP contribution in [0.3, 0.4) is 0 Å². The second-order valence-electron chi connectivity index (χ2n) is 8.89. The molecule has 0 saturated carbocycles. The Hall–Kier alpha value is -3.69. The molecule has 0 bridgehead atoms.